The highest BCUT2D eigenvalue weighted by Crippen LogP contribution is 2.33. The Kier molecular flexibility index (Phi) is 5.60. The SMILES string of the molecule is COc1ccccc1OCCN1C(=O)S/C(=C\c2cc(C)n(C)c2C)C1=O. The molecule has 1 aromatic carbocycles. The topological polar surface area (TPSA) is 60.8 Å². The molecule has 1 aliphatic heterocycles. The minimum Gasteiger partial charge on any atom is -0.493 e. The van der Waals surface area contributed by atoms with Crippen LogP contribution in [0.3, 0.4) is 0 Å². The minimum absolute atomic E-state index is 0.187. The van der Waals surface area contributed by atoms with Crippen LogP contribution in [0.15, 0.2) is 35.2 Å². The first-order valence-electron chi connectivity index (χ1n) is 8.56. The van der Waals surface area contributed by atoms with Crippen molar-refractivity contribution in [2.24, 2.45) is 7.05 Å². The number of carbonyl (C=O) groups excluding carboxylic acids is 2. The Morgan fingerprint density at radius 3 is 2.48 bits per heavy atom. The average molecular weight is 386 g/mol. The number of methoxy groups -OCH3 is 1. The van der Waals surface area contributed by atoms with Crippen LogP contribution in [0.1, 0.15) is 17.0 Å². The number of carbonyl (C=O) groups is 2. The van der Waals surface area contributed by atoms with E-state index in [0.717, 1.165) is 28.7 Å². The van der Waals surface area contributed by atoms with Gasteiger partial charge in [-0.15, -0.1) is 0 Å². The molecular weight excluding hydrogens is 364 g/mol. The van der Waals surface area contributed by atoms with E-state index in [1.165, 1.54) is 4.90 Å². The number of hydrogen-bond acceptors (Lipinski definition) is 5. The fourth-order valence-corrected chi connectivity index (χ4v) is 3.71. The number of aromatic nitrogens is 1. The number of hydrogen-bond donors (Lipinski definition) is 0. The van der Waals surface area contributed by atoms with Crippen LogP contribution >= 0.6 is 11.8 Å². The molecule has 27 heavy (non-hydrogen) atoms. The summed E-state index contributed by atoms with van der Waals surface area (Å²) in [5, 5.41) is -0.278. The van der Waals surface area contributed by atoms with Crippen LogP contribution < -0.4 is 9.47 Å². The van der Waals surface area contributed by atoms with E-state index in [9.17, 15) is 9.59 Å². The second-order valence-electron chi connectivity index (χ2n) is 6.22. The maximum atomic E-state index is 12.6. The fourth-order valence-electron chi connectivity index (χ4n) is 2.85. The summed E-state index contributed by atoms with van der Waals surface area (Å²) >= 11 is 0.963. The van der Waals surface area contributed by atoms with E-state index < -0.39 is 0 Å². The molecule has 0 N–H and O–H groups in total. The molecule has 0 bridgehead atoms. The lowest BCUT2D eigenvalue weighted by atomic mass is 10.2. The van der Waals surface area contributed by atoms with Crippen molar-refractivity contribution < 1.29 is 19.1 Å². The number of amides is 2. The van der Waals surface area contributed by atoms with Gasteiger partial charge in [0, 0.05) is 18.4 Å². The maximum Gasteiger partial charge on any atom is 0.293 e. The normalized spacial score (nSPS) is 15.7. The predicted octanol–water partition coefficient (Wildman–Crippen LogP) is 3.77. The largest absolute Gasteiger partial charge is 0.493 e. The summed E-state index contributed by atoms with van der Waals surface area (Å²) in [7, 11) is 3.54. The summed E-state index contributed by atoms with van der Waals surface area (Å²) in [6, 6.07) is 9.27. The maximum absolute atomic E-state index is 12.6. The van der Waals surface area contributed by atoms with Gasteiger partial charge in [0.15, 0.2) is 11.5 Å². The zero-order valence-electron chi connectivity index (χ0n) is 15.8. The number of para-hydroxylation sites is 2. The Labute approximate surface area is 162 Å². The van der Waals surface area contributed by atoms with Crippen LogP contribution in [0.4, 0.5) is 4.79 Å². The van der Waals surface area contributed by atoms with Crippen molar-refractivity contribution >= 4 is 29.0 Å². The van der Waals surface area contributed by atoms with Gasteiger partial charge in [-0.3, -0.25) is 14.5 Å². The van der Waals surface area contributed by atoms with Gasteiger partial charge in [-0.05, 0) is 55.4 Å². The van der Waals surface area contributed by atoms with Crippen LogP contribution in [-0.4, -0.2) is 40.9 Å². The Balaban J connectivity index is 1.67. The van der Waals surface area contributed by atoms with E-state index in [1.54, 1.807) is 25.3 Å². The lowest BCUT2D eigenvalue weighted by molar-refractivity contribution is -0.123. The molecule has 0 saturated carbocycles. The van der Waals surface area contributed by atoms with Crippen LogP contribution in [0.5, 0.6) is 11.5 Å². The minimum atomic E-state index is -0.283. The molecule has 0 unspecified atom stereocenters. The number of nitrogens with zero attached hydrogens (tertiary/aromatic N) is 2. The molecule has 142 valence electrons. The summed E-state index contributed by atoms with van der Waals surface area (Å²) in [4.78, 5) is 26.5. The van der Waals surface area contributed by atoms with Gasteiger partial charge in [-0.1, -0.05) is 12.1 Å². The van der Waals surface area contributed by atoms with Crippen LogP contribution in [-0.2, 0) is 11.8 Å². The number of rotatable bonds is 6. The number of benzene rings is 1. The van der Waals surface area contributed by atoms with Crippen molar-refractivity contribution in [2.75, 3.05) is 20.3 Å². The highest BCUT2D eigenvalue weighted by atomic mass is 32.2. The van der Waals surface area contributed by atoms with E-state index >= 15 is 0 Å². The molecule has 3 rings (SSSR count). The van der Waals surface area contributed by atoms with Gasteiger partial charge in [-0.25, -0.2) is 0 Å². The Bertz CT molecular complexity index is 917. The molecule has 2 heterocycles. The Morgan fingerprint density at radius 2 is 1.85 bits per heavy atom. The predicted molar refractivity (Wildman–Crippen MR) is 106 cm³/mol. The fraction of sp³-hybridized carbons (Fsp3) is 0.300. The second kappa shape index (κ2) is 7.92. The first kappa shape index (κ1) is 19.1. The first-order valence-corrected chi connectivity index (χ1v) is 9.38. The zero-order chi connectivity index (χ0) is 19.6. The van der Waals surface area contributed by atoms with Gasteiger partial charge in [0.2, 0.25) is 0 Å². The Hall–Kier alpha value is -2.67. The smallest absolute Gasteiger partial charge is 0.293 e. The van der Waals surface area contributed by atoms with Gasteiger partial charge >= 0.3 is 0 Å². The average Bonchev–Trinajstić information content (AvgIpc) is 3.06. The van der Waals surface area contributed by atoms with Crippen molar-refractivity contribution in [1.29, 1.82) is 0 Å². The van der Waals surface area contributed by atoms with Gasteiger partial charge in [-0.2, -0.15) is 0 Å². The van der Waals surface area contributed by atoms with Crippen molar-refractivity contribution in [2.45, 2.75) is 13.8 Å². The van der Waals surface area contributed by atoms with E-state index in [1.807, 2.05) is 39.1 Å². The van der Waals surface area contributed by atoms with Crippen molar-refractivity contribution in [3.63, 3.8) is 0 Å². The molecule has 0 radical (unpaired) electrons. The van der Waals surface area contributed by atoms with Gasteiger partial charge in [0.1, 0.15) is 6.61 Å². The first-order chi connectivity index (χ1) is 12.9. The molecule has 1 aromatic heterocycles. The molecule has 0 spiro atoms. The monoisotopic (exact) mass is 386 g/mol. The third-order valence-electron chi connectivity index (χ3n) is 4.62. The highest BCUT2D eigenvalue weighted by Gasteiger charge is 2.35. The quantitative estimate of drug-likeness (QED) is 0.708. The summed E-state index contributed by atoms with van der Waals surface area (Å²) < 4.78 is 13.0. The standard InChI is InChI=1S/C20H22N2O4S/c1-13-11-15(14(2)21(13)3)12-18-19(23)22(20(24)27-18)9-10-26-17-8-6-5-7-16(17)25-4/h5-8,11-12H,9-10H2,1-4H3/b18-12-. The molecule has 2 amide bonds. The lowest BCUT2D eigenvalue weighted by Crippen LogP contribution is -2.32. The van der Waals surface area contributed by atoms with Crippen molar-refractivity contribution in [1.82, 2.24) is 9.47 Å². The van der Waals surface area contributed by atoms with Crippen LogP contribution in [0, 0.1) is 13.8 Å². The molecule has 1 aliphatic rings. The molecule has 0 atom stereocenters. The summed E-state index contributed by atoms with van der Waals surface area (Å²) in [6.07, 6.45) is 1.79. The molecule has 0 aliphatic carbocycles. The third kappa shape index (κ3) is 3.88. The molecule has 2 aromatic rings. The van der Waals surface area contributed by atoms with Crippen LogP contribution in [0.2, 0.25) is 0 Å². The van der Waals surface area contributed by atoms with Crippen molar-refractivity contribution in [3.05, 3.63) is 52.2 Å². The number of ether oxygens (including phenoxy) is 2. The third-order valence-corrected chi connectivity index (χ3v) is 5.52. The lowest BCUT2D eigenvalue weighted by Gasteiger charge is -2.14. The molecule has 1 fully saturated rings. The van der Waals surface area contributed by atoms with Crippen LogP contribution in [0.25, 0.3) is 6.08 Å². The van der Waals surface area contributed by atoms with E-state index in [4.69, 9.17) is 9.47 Å². The van der Waals surface area contributed by atoms with E-state index in [0.29, 0.717) is 16.4 Å². The molecule has 1 saturated heterocycles. The zero-order valence-corrected chi connectivity index (χ0v) is 16.6. The number of aryl methyl sites for hydroxylation is 1. The highest BCUT2D eigenvalue weighted by molar-refractivity contribution is 8.18. The van der Waals surface area contributed by atoms with E-state index in [-0.39, 0.29) is 24.3 Å². The van der Waals surface area contributed by atoms with Crippen molar-refractivity contribution in [3.8, 4) is 11.5 Å². The number of imide groups is 1. The van der Waals surface area contributed by atoms with E-state index in [2.05, 4.69) is 4.57 Å². The molecule has 7 heteroatoms. The Morgan fingerprint density at radius 1 is 1.15 bits per heavy atom. The van der Waals surface area contributed by atoms with Gasteiger partial charge < -0.3 is 14.0 Å². The van der Waals surface area contributed by atoms with Gasteiger partial charge in [0.25, 0.3) is 11.1 Å². The summed E-state index contributed by atoms with van der Waals surface area (Å²) in [6.45, 7) is 4.39. The summed E-state index contributed by atoms with van der Waals surface area (Å²) in [5.74, 6) is 0.911. The number of thioether (sulfide) groups is 1. The second-order valence-corrected chi connectivity index (χ2v) is 7.21. The molecule has 6 nitrogen and oxygen atoms in total. The molecular formula is C20H22N2O4S. The summed E-state index contributed by atoms with van der Waals surface area (Å²) in [5.41, 5.74) is 3.10. The van der Waals surface area contributed by atoms with Gasteiger partial charge in [0.05, 0.1) is 18.6 Å².